The van der Waals surface area contributed by atoms with Crippen molar-refractivity contribution in [2.45, 2.75) is 52.6 Å². The number of carbonyl (C=O) groups is 1. The molecule has 1 N–H and O–H groups in total. The first-order valence-corrected chi connectivity index (χ1v) is 11.6. The van der Waals surface area contributed by atoms with Crippen molar-refractivity contribution in [2.75, 3.05) is 11.6 Å². The highest BCUT2D eigenvalue weighted by atomic mass is 32.2. The molecule has 0 saturated heterocycles. The molecule has 2 aromatic carbocycles. The van der Waals surface area contributed by atoms with Crippen molar-refractivity contribution >= 4 is 21.8 Å². The standard InChI is InChI=1S/C22H30N2O4S/c1-6-17(4)24(15-18-7-13-21(14-8-18)28-29(5,26)27)22(25)23-20-11-9-19(10-12-20)16(2)3/h7-14,16-17H,6,15H2,1-5H3,(H,23,25)/t17-/m1/s1. The Balaban J connectivity index is 2.11. The summed E-state index contributed by atoms with van der Waals surface area (Å²) in [5, 5.41) is 2.97. The van der Waals surface area contributed by atoms with E-state index in [4.69, 9.17) is 4.18 Å². The minimum absolute atomic E-state index is 0.0388. The first-order chi connectivity index (χ1) is 13.6. The lowest BCUT2D eigenvalue weighted by molar-refractivity contribution is 0.187. The van der Waals surface area contributed by atoms with Gasteiger partial charge >= 0.3 is 16.1 Å². The van der Waals surface area contributed by atoms with Crippen molar-refractivity contribution in [3.8, 4) is 5.75 Å². The van der Waals surface area contributed by atoms with Gasteiger partial charge in [0.2, 0.25) is 0 Å². The van der Waals surface area contributed by atoms with Crippen LogP contribution < -0.4 is 9.50 Å². The lowest BCUT2D eigenvalue weighted by Gasteiger charge is -2.29. The smallest absolute Gasteiger partial charge is 0.322 e. The number of benzene rings is 2. The summed E-state index contributed by atoms with van der Waals surface area (Å²) in [4.78, 5) is 14.7. The molecule has 6 nitrogen and oxygen atoms in total. The molecule has 0 aliphatic carbocycles. The largest absolute Gasteiger partial charge is 0.383 e. The topological polar surface area (TPSA) is 75.7 Å². The van der Waals surface area contributed by atoms with Crippen molar-refractivity contribution in [1.29, 1.82) is 0 Å². The molecular formula is C22H30N2O4S. The van der Waals surface area contributed by atoms with Crippen LogP contribution in [0.1, 0.15) is 51.2 Å². The summed E-state index contributed by atoms with van der Waals surface area (Å²) in [7, 11) is -3.56. The van der Waals surface area contributed by atoms with Gasteiger partial charge in [0, 0.05) is 18.3 Å². The van der Waals surface area contributed by atoms with Crippen LogP contribution in [-0.4, -0.2) is 31.6 Å². The summed E-state index contributed by atoms with van der Waals surface area (Å²) in [6, 6.07) is 14.5. The van der Waals surface area contributed by atoms with Gasteiger partial charge < -0.3 is 14.4 Å². The van der Waals surface area contributed by atoms with Crippen LogP contribution in [0.5, 0.6) is 5.75 Å². The fourth-order valence-electron chi connectivity index (χ4n) is 2.82. The van der Waals surface area contributed by atoms with Gasteiger partial charge in [-0.15, -0.1) is 0 Å². The van der Waals surface area contributed by atoms with Crippen molar-refractivity contribution < 1.29 is 17.4 Å². The maximum absolute atomic E-state index is 12.9. The molecule has 0 heterocycles. The average Bonchev–Trinajstić information content (AvgIpc) is 2.66. The molecule has 0 fully saturated rings. The van der Waals surface area contributed by atoms with Crippen molar-refractivity contribution in [3.63, 3.8) is 0 Å². The van der Waals surface area contributed by atoms with Crippen LogP contribution in [0, 0.1) is 0 Å². The fraction of sp³-hybridized carbons (Fsp3) is 0.409. The van der Waals surface area contributed by atoms with Crippen LogP contribution in [0.25, 0.3) is 0 Å². The first kappa shape index (κ1) is 22.7. The first-order valence-electron chi connectivity index (χ1n) is 9.75. The number of urea groups is 1. The van der Waals surface area contributed by atoms with Gasteiger partial charge in [0.25, 0.3) is 0 Å². The second-order valence-electron chi connectivity index (χ2n) is 7.52. The molecule has 0 saturated carbocycles. The summed E-state index contributed by atoms with van der Waals surface area (Å²) in [5.74, 6) is 0.687. The SMILES string of the molecule is CC[C@@H](C)N(Cc1ccc(OS(C)(=O)=O)cc1)C(=O)Nc1ccc(C(C)C)cc1. The lowest BCUT2D eigenvalue weighted by atomic mass is 10.0. The van der Waals surface area contributed by atoms with E-state index in [2.05, 4.69) is 19.2 Å². The second-order valence-corrected chi connectivity index (χ2v) is 9.10. The maximum atomic E-state index is 12.9. The molecule has 0 aliphatic heterocycles. The average molecular weight is 419 g/mol. The van der Waals surface area contributed by atoms with Crippen LogP contribution >= 0.6 is 0 Å². The Morgan fingerprint density at radius 3 is 2.10 bits per heavy atom. The van der Waals surface area contributed by atoms with Crippen molar-refractivity contribution in [2.24, 2.45) is 0 Å². The number of anilines is 1. The second kappa shape index (κ2) is 9.78. The zero-order valence-corrected chi connectivity index (χ0v) is 18.5. The third-order valence-electron chi connectivity index (χ3n) is 4.74. The number of nitrogens with zero attached hydrogens (tertiary/aromatic N) is 1. The van der Waals surface area contributed by atoms with Gasteiger partial charge in [-0.3, -0.25) is 0 Å². The molecule has 7 heteroatoms. The molecular weight excluding hydrogens is 388 g/mol. The highest BCUT2D eigenvalue weighted by Crippen LogP contribution is 2.20. The number of nitrogens with one attached hydrogen (secondary N) is 1. The third kappa shape index (κ3) is 7.09. The summed E-state index contributed by atoms with van der Waals surface area (Å²) in [6.45, 7) is 8.70. The van der Waals surface area contributed by atoms with E-state index in [0.717, 1.165) is 23.9 Å². The number of hydrogen-bond acceptors (Lipinski definition) is 4. The highest BCUT2D eigenvalue weighted by molar-refractivity contribution is 7.86. The van der Waals surface area contributed by atoms with Gasteiger partial charge in [0.15, 0.2) is 0 Å². The Labute approximate surface area is 174 Å². The molecule has 29 heavy (non-hydrogen) atoms. The van der Waals surface area contributed by atoms with Gasteiger partial charge in [0.1, 0.15) is 5.75 Å². The monoisotopic (exact) mass is 418 g/mol. The molecule has 0 aliphatic rings. The Hall–Kier alpha value is -2.54. The summed E-state index contributed by atoms with van der Waals surface area (Å²) < 4.78 is 27.3. The van der Waals surface area contributed by atoms with Crippen LogP contribution in [0.2, 0.25) is 0 Å². The molecule has 0 radical (unpaired) electrons. The normalized spacial score (nSPS) is 12.5. The van der Waals surface area contributed by atoms with E-state index in [0.29, 0.717) is 12.5 Å². The molecule has 158 valence electrons. The van der Waals surface area contributed by atoms with Gasteiger partial charge in [-0.05, 0) is 54.7 Å². The Morgan fingerprint density at radius 1 is 1.03 bits per heavy atom. The lowest BCUT2D eigenvalue weighted by Crippen LogP contribution is -2.40. The Bertz CT molecular complexity index is 907. The molecule has 1 atom stereocenters. The number of amides is 2. The van der Waals surface area contributed by atoms with E-state index >= 15 is 0 Å². The molecule has 0 spiro atoms. The molecule has 2 rings (SSSR count). The fourth-order valence-corrected chi connectivity index (χ4v) is 3.28. The predicted octanol–water partition coefficient (Wildman–Crippen LogP) is 4.98. The minimum atomic E-state index is -3.56. The minimum Gasteiger partial charge on any atom is -0.383 e. The van der Waals surface area contributed by atoms with E-state index in [1.807, 2.05) is 38.1 Å². The number of rotatable bonds is 8. The van der Waals surface area contributed by atoms with Crippen LogP contribution in [0.4, 0.5) is 10.5 Å². The van der Waals surface area contributed by atoms with Gasteiger partial charge in [-0.25, -0.2) is 4.79 Å². The third-order valence-corrected chi connectivity index (χ3v) is 5.23. The maximum Gasteiger partial charge on any atom is 0.322 e. The molecule has 2 amide bonds. The molecule has 0 aromatic heterocycles. The van der Waals surface area contributed by atoms with Crippen LogP contribution in [0.15, 0.2) is 48.5 Å². The predicted molar refractivity (Wildman–Crippen MR) is 117 cm³/mol. The number of carbonyl (C=O) groups excluding carboxylic acids is 1. The summed E-state index contributed by atoms with van der Waals surface area (Å²) in [6.07, 6.45) is 1.82. The van der Waals surface area contributed by atoms with Gasteiger partial charge in [-0.2, -0.15) is 8.42 Å². The van der Waals surface area contributed by atoms with Crippen molar-refractivity contribution in [1.82, 2.24) is 4.90 Å². The summed E-state index contributed by atoms with van der Waals surface area (Å²) >= 11 is 0. The van der Waals surface area contributed by atoms with E-state index < -0.39 is 10.1 Å². The molecule has 2 aromatic rings. The molecule has 0 unspecified atom stereocenters. The van der Waals surface area contributed by atoms with E-state index in [1.54, 1.807) is 29.2 Å². The highest BCUT2D eigenvalue weighted by Gasteiger charge is 2.19. The van der Waals surface area contributed by atoms with Crippen LogP contribution in [0.3, 0.4) is 0 Å². The zero-order chi connectivity index (χ0) is 21.6. The Morgan fingerprint density at radius 2 is 1.62 bits per heavy atom. The zero-order valence-electron chi connectivity index (χ0n) is 17.7. The van der Waals surface area contributed by atoms with Crippen LogP contribution in [-0.2, 0) is 16.7 Å². The number of hydrogen-bond donors (Lipinski definition) is 1. The van der Waals surface area contributed by atoms with E-state index in [-0.39, 0.29) is 17.8 Å². The van der Waals surface area contributed by atoms with E-state index in [1.165, 1.54) is 5.56 Å². The Kier molecular flexibility index (Phi) is 7.67. The quantitative estimate of drug-likeness (QED) is 0.614. The van der Waals surface area contributed by atoms with Gasteiger partial charge in [0.05, 0.1) is 6.26 Å². The molecule has 0 bridgehead atoms. The van der Waals surface area contributed by atoms with E-state index in [9.17, 15) is 13.2 Å². The van der Waals surface area contributed by atoms with Crippen molar-refractivity contribution in [3.05, 3.63) is 59.7 Å². The summed E-state index contributed by atoms with van der Waals surface area (Å²) in [5.41, 5.74) is 2.86. The van der Waals surface area contributed by atoms with Gasteiger partial charge in [-0.1, -0.05) is 45.0 Å².